The molecular weight excluding hydrogens is 224 g/mol. The van der Waals surface area contributed by atoms with Gasteiger partial charge in [-0.15, -0.1) is 0 Å². The largest absolute Gasteiger partial charge is 0.479 e. The summed E-state index contributed by atoms with van der Waals surface area (Å²) >= 11 is 0. The standard InChI is InChI=1S/C12H20O5/c1-2-16-12(15)10(11(13)14)17-8-7-9-5-3-4-6-9/h9-10H,2-8H2,1H3,(H,13,14). The summed E-state index contributed by atoms with van der Waals surface area (Å²) in [6.07, 6.45) is 4.19. The normalized spacial score (nSPS) is 17.9. The zero-order chi connectivity index (χ0) is 12.7. The molecule has 0 spiro atoms. The molecule has 98 valence electrons. The number of ether oxygens (including phenoxy) is 2. The first kappa shape index (κ1) is 14.0. The molecule has 0 aliphatic heterocycles. The Hall–Kier alpha value is -1.10. The van der Waals surface area contributed by atoms with Gasteiger partial charge < -0.3 is 14.6 Å². The molecule has 1 aliphatic carbocycles. The Balaban J connectivity index is 2.28. The van der Waals surface area contributed by atoms with Crippen LogP contribution in [0.3, 0.4) is 0 Å². The molecule has 0 bridgehead atoms. The Kier molecular flexibility index (Phi) is 5.97. The van der Waals surface area contributed by atoms with Gasteiger partial charge in [0.15, 0.2) is 0 Å². The molecule has 1 saturated carbocycles. The number of carbonyl (C=O) groups excluding carboxylic acids is 1. The van der Waals surface area contributed by atoms with Gasteiger partial charge in [0, 0.05) is 6.61 Å². The third kappa shape index (κ3) is 4.73. The lowest BCUT2D eigenvalue weighted by atomic mass is 10.1. The maximum absolute atomic E-state index is 11.3. The van der Waals surface area contributed by atoms with E-state index in [2.05, 4.69) is 4.74 Å². The fourth-order valence-corrected chi connectivity index (χ4v) is 2.11. The predicted molar refractivity (Wildman–Crippen MR) is 60.6 cm³/mol. The topological polar surface area (TPSA) is 72.8 Å². The van der Waals surface area contributed by atoms with Crippen LogP contribution in [0.4, 0.5) is 0 Å². The fraction of sp³-hybridized carbons (Fsp3) is 0.833. The maximum Gasteiger partial charge on any atom is 0.347 e. The van der Waals surface area contributed by atoms with E-state index < -0.39 is 18.0 Å². The number of carboxylic acids is 1. The highest BCUT2D eigenvalue weighted by Crippen LogP contribution is 2.27. The van der Waals surface area contributed by atoms with Crippen LogP contribution in [0.1, 0.15) is 39.0 Å². The van der Waals surface area contributed by atoms with Gasteiger partial charge in [-0.25, -0.2) is 9.59 Å². The smallest absolute Gasteiger partial charge is 0.347 e. The molecule has 0 radical (unpaired) electrons. The minimum atomic E-state index is -1.48. The molecule has 1 rings (SSSR count). The second kappa shape index (κ2) is 7.27. The van der Waals surface area contributed by atoms with E-state index >= 15 is 0 Å². The average Bonchev–Trinajstić information content (AvgIpc) is 2.76. The number of hydrogen-bond acceptors (Lipinski definition) is 4. The van der Waals surface area contributed by atoms with Gasteiger partial charge in [0.25, 0.3) is 6.10 Å². The first-order valence-corrected chi connectivity index (χ1v) is 6.16. The minimum absolute atomic E-state index is 0.161. The van der Waals surface area contributed by atoms with Crippen molar-refractivity contribution < 1.29 is 24.2 Å². The van der Waals surface area contributed by atoms with Crippen molar-refractivity contribution in [1.82, 2.24) is 0 Å². The fourth-order valence-electron chi connectivity index (χ4n) is 2.11. The predicted octanol–water partition coefficient (Wildman–Crippen LogP) is 1.60. The lowest BCUT2D eigenvalue weighted by molar-refractivity contribution is -0.169. The van der Waals surface area contributed by atoms with E-state index in [1.807, 2.05) is 0 Å². The van der Waals surface area contributed by atoms with Gasteiger partial charge in [0.2, 0.25) is 0 Å². The third-order valence-corrected chi connectivity index (χ3v) is 3.01. The Bertz CT molecular complexity index is 258. The van der Waals surface area contributed by atoms with Gasteiger partial charge in [-0.1, -0.05) is 25.7 Å². The summed E-state index contributed by atoms with van der Waals surface area (Å²) in [5, 5.41) is 8.84. The molecule has 1 atom stereocenters. The van der Waals surface area contributed by atoms with Crippen LogP contribution in [0, 0.1) is 5.92 Å². The van der Waals surface area contributed by atoms with Crippen molar-refractivity contribution in [2.24, 2.45) is 5.92 Å². The molecule has 0 saturated heterocycles. The Labute approximate surface area is 101 Å². The third-order valence-electron chi connectivity index (χ3n) is 3.01. The number of aliphatic carboxylic acids is 1. The van der Waals surface area contributed by atoms with Gasteiger partial charge in [0.1, 0.15) is 0 Å². The van der Waals surface area contributed by atoms with Crippen molar-refractivity contribution in [3.8, 4) is 0 Å². The van der Waals surface area contributed by atoms with Crippen molar-refractivity contribution in [2.45, 2.75) is 45.1 Å². The van der Waals surface area contributed by atoms with Crippen LogP contribution < -0.4 is 0 Å². The van der Waals surface area contributed by atoms with E-state index in [4.69, 9.17) is 9.84 Å². The van der Waals surface area contributed by atoms with E-state index in [1.165, 1.54) is 25.7 Å². The number of carbonyl (C=O) groups is 2. The molecule has 5 heteroatoms. The molecule has 0 amide bonds. The zero-order valence-corrected chi connectivity index (χ0v) is 10.2. The van der Waals surface area contributed by atoms with Crippen molar-refractivity contribution in [1.29, 1.82) is 0 Å². The molecule has 1 unspecified atom stereocenters. The summed E-state index contributed by atoms with van der Waals surface area (Å²) in [5.74, 6) is -1.48. The van der Waals surface area contributed by atoms with Crippen LogP contribution in [0.5, 0.6) is 0 Å². The Morgan fingerprint density at radius 2 is 2.00 bits per heavy atom. The van der Waals surface area contributed by atoms with Crippen LogP contribution in [-0.4, -0.2) is 36.4 Å². The van der Waals surface area contributed by atoms with Crippen molar-refractivity contribution in [3.63, 3.8) is 0 Å². The van der Waals surface area contributed by atoms with Crippen LogP contribution in [0.15, 0.2) is 0 Å². The maximum atomic E-state index is 11.3. The second-order valence-electron chi connectivity index (χ2n) is 4.28. The van der Waals surface area contributed by atoms with E-state index in [9.17, 15) is 9.59 Å². The molecule has 1 fully saturated rings. The lowest BCUT2D eigenvalue weighted by Gasteiger charge is -2.14. The molecule has 0 aromatic heterocycles. The van der Waals surface area contributed by atoms with E-state index in [-0.39, 0.29) is 6.61 Å². The summed E-state index contributed by atoms with van der Waals surface area (Å²) in [7, 11) is 0. The second-order valence-corrected chi connectivity index (χ2v) is 4.28. The molecule has 5 nitrogen and oxygen atoms in total. The quantitative estimate of drug-likeness (QED) is 0.544. The number of esters is 1. The van der Waals surface area contributed by atoms with Gasteiger partial charge in [0.05, 0.1) is 6.61 Å². The van der Waals surface area contributed by atoms with Gasteiger partial charge in [-0.3, -0.25) is 0 Å². The molecule has 17 heavy (non-hydrogen) atoms. The van der Waals surface area contributed by atoms with Crippen molar-refractivity contribution in [3.05, 3.63) is 0 Å². The van der Waals surface area contributed by atoms with Crippen LogP contribution in [0.25, 0.3) is 0 Å². The molecule has 1 N–H and O–H groups in total. The Morgan fingerprint density at radius 1 is 1.35 bits per heavy atom. The SMILES string of the molecule is CCOC(=O)C(OCCC1CCCC1)C(=O)O. The van der Waals surface area contributed by atoms with Crippen LogP contribution in [0.2, 0.25) is 0 Å². The molecule has 0 aromatic rings. The summed E-state index contributed by atoms with van der Waals surface area (Å²) in [6.45, 7) is 2.10. The molecular formula is C12H20O5. The summed E-state index contributed by atoms with van der Waals surface area (Å²) in [5.41, 5.74) is 0. The lowest BCUT2D eigenvalue weighted by Crippen LogP contribution is -2.35. The zero-order valence-electron chi connectivity index (χ0n) is 10.2. The van der Waals surface area contributed by atoms with Gasteiger partial charge in [-0.05, 0) is 19.3 Å². The average molecular weight is 244 g/mol. The van der Waals surface area contributed by atoms with E-state index in [0.29, 0.717) is 12.5 Å². The first-order chi connectivity index (χ1) is 8.15. The molecule has 0 heterocycles. The van der Waals surface area contributed by atoms with Gasteiger partial charge >= 0.3 is 11.9 Å². The highest BCUT2D eigenvalue weighted by molar-refractivity contribution is 5.97. The first-order valence-electron chi connectivity index (χ1n) is 6.16. The van der Waals surface area contributed by atoms with Crippen LogP contribution in [-0.2, 0) is 19.1 Å². The number of carboxylic acid groups (broad SMARTS) is 1. The highest BCUT2D eigenvalue weighted by atomic mass is 16.6. The number of rotatable bonds is 7. The van der Waals surface area contributed by atoms with Crippen molar-refractivity contribution >= 4 is 11.9 Å². The number of hydrogen-bond donors (Lipinski definition) is 1. The van der Waals surface area contributed by atoms with Gasteiger partial charge in [-0.2, -0.15) is 0 Å². The highest BCUT2D eigenvalue weighted by Gasteiger charge is 2.28. The summed E-state index contributed by atoms with van der Waals surface area (Å²) < 4.78 is 9.75. The monoisotopic (exact) mass is 244 g/mol. The Morgan fingerprint density at radius 3 is 2.53 bits per heavy atom. The minimum Gasteiger partial charge on any atom is -0.479 e. The summed E-state index contributed by atoms with van der Waals surface area (Å²) in [6, 6.07) is 0. The van der Waals surface area contributed by atoms with E-state index in [1.54, 1.807) is 6.92 Å². The van der Waals surface area contributed by atoms with Crippen LogP contribution >= 0.6 is 0 Å². The summed E-state index contributed by atoms with van der Waals surface area (Å²) in [4.78, 5) is 22.1. The molecule has 1 aliphatic rings. The van der Waals surface area contributed by atoms with E-state index in [0.717, 1.165) is 6.42 Å². The molecule has 0 aromatic carbocycles. The van der Waals surface area contributed by atoms with Crippen molar-refractivity contribution in [2.75, 3.05) is 13.2 Å².